The summed E-state index contributed by atoms with van der Waals surface area (Å²) < 4.78 is 7.12. The SMILES string of the molecule is CCOc1ncnc(N(C)Cc2cnn(C)c2)c1N. The number of anilines is 2. The molecule has 102 valence electrons. The Morgan fingerprint density at radius 3 is 2.84 bits per heavy atom. The predicted octanol–water partition coefficient (Wildman–Crippen LogP) is 0.827. The average Bonchev–Trinajstić information content (AvgIpc) is 2.77. The zero-order valence-electron chi connectivity index (χ0n) is 11.4. The van der Waals surface area contributed by atoms with Crippen LogP contribution in [0.5, 0.6) is 5.88 Å². The lowest BCUT2D eigenvalue weighted by Crippen LogP contribution is -2.19. The number of hydrogen-bond acceptors (Lipinski definition) is 6. The van der Waals surface area contributed by atoms with Crippen molar-refractivity contribution in [3.63, 3.8) is 0 Å². The Morgan fingerprint density at radius 1 is 1.42 bits per heavy atom. The number of ether oxygens (including phenoxy) is 1. The number of rotatable bonds is 5. The number of aromatic nitrogens is 4. The lowest BCUT2D eigenvalue weighted by Gasteiger charge is -2.19. The van der Waals surface area contributed by atoms with Gasteiger partial charge in [-0.15, -0.1) is 0 Å². The van der Waals surface area contributed by atoms with Crippen molar-refractivity contribution in [2.24, 2.45) is 7.05 Å². The molecule has 0 aliphatic carbocycles. The summed E-state index contributed by atoms with van der Waals surface area (Å²) in [5.74, 6) is 1.08. The minimum Gasteiger partial charge on any atom is -0.476 e. The summed E-state index contributed by atoms with van der Waals surface area (Å²) in [6.45, 7) is 3.08. The first-order chi connectivity index (χ1) is 9.11. The van der Waals surface area contributed by atoms with Crippen molar-refractivity contribution in [2.45, 2.75) is 13.5 Å². The molecule has 0 spiro atoms. The Bertz CT molecular complexity index is 553. The number of aryl methyl sites for hydroxylation is 1. The summed E-state index contributed by atoms with van der Waals surface area (Å²) in [4.78, 5) is 10.2. The first-order valence-electron chi connectivity index (χ1n) is 6.03. The van der Waals surface area contributed by atoms with Crippen molar-refractivity contribution in [2.75, 3.05) is 24.3 Å². The summed E-state index contributed by atoms with van der Waals surface area (Å²) in [5, 5.41) is 4.13. The highest BCUT2D eigenvalue weighted by Crippen LogP contribution is 2.27. The van der Waals surface area contributed by atoms with Crippen molar-refractivity contribution < 1.29 is 4.74 Å². The zero-order chi connectivity index (χ0) is 13.8. The molecule has 2 N–H and O–H groups in total. The molecule has 7 nitrogen and oxygen atoms in total. The van der Waals surface area contributed by atoms with E-state index in [1.165, 1.54) is 6.33 Å². The van der Waals surface area contributed by atoms with E-state index in [9.17, 15) is 0 Å². The van der Waals surface area contributed by atoms with Crippen LogP contribution in [-0.2, 0) is 13.6 Å². The fraction of sp³-hybridized carbons (Fsp3) is 0.417. The summed E-state index contributed by atoms with van der Waals surface area (Å²) >= 11 is 0. The molecule has 2 rings (SSSR count). The summed E-state index contributed by atoms with van der Waals surface area (Å²) in [5.41, 5.74) is 7.56. The molecule has 0 unspecified atom stereocenters. The molecule has 0 saturated heterocycles. The normalized spacial score (nSPS) is 10.5. The smallest absolute Gasteiger partial charge is 0.242 e. The summed E-state index contributed by atoms with van der Waals surface area (Å²) in [6, 6.07) is 0. The van der Waals surface area contributed by atoms with E-state index in [0.29, 0.717) is 30.5 Å². The zero-order valence-corrected chi connectivity index (χ0v) is 11.4. The predicted molar refractivity (Wildman–Crippen MR) is 72.9 cm³/mol. The second-order valence-electron chi connectivity index (χ2n) is 4.23. The molecule has 2 aromatic heterocycles. The maximum Gasteiger partial charge on any atom is 0.242 e. The molecule has 0 atom stereocenters. The number of nitrogens with zero attached hydrogens (tertiary/aromatic N) is 5. The van der Waals surface area contributed by atoms with Crippen LogP contribution in [0.2, 0.25) is 0 Å². The lowest BCUT2D eigenvalue weighted by molar-refractivity contribution is 0.328. The third-order valence-electron chi connectivity index (χ3n) is 2.65. The van der Waals surface area contributed by atoms with Crippen molar-refractivity contribution in [3.8, 4) is 5.88 Å². The monoisotopic (exact) mass is 262 g/mol. The largest absolute Gasteiger partial charge is 0.476 e. The van der Waals surface area contributed by atoms with E-state index in [-0.39, 0.29) is 0 Å². The fourth-order valence-electron chi connectivity index (χ4n) is 1.83. The quantitative estimate of drug-likeness (QED) is 0.859. The Kier molecular flexibility index (Phi) is 3.84. The second-order valence-corrected chi connectivity index (χ2v) is 4.23. The van der Waals surface area contributed by atoms with Gasteiger partial charge in [0, 0.05) is 32.4 Å². The molecular weight excluding hydrogens is 244 g/mol. The highest BCUT2D eigenvalue weighted by molar-refractivity contribution is 5.67. The van der Waals surface area contributed by atoms with Crippen LogP contribution in [0.1, 0.15) is 12.5 Å². The summed E-state index contributed by atoms with van der Waals surface area (Å²) in [6.07, 6.45) is 5.23. The molecule has 19 heavy (non-hydrogen) atoms. The van der Waals surface area contributed by atoms with E-state index in [0.717, 1.165) is 5.56 Å². The van der Waals surface area contributed by atoms with E-state index >= 15 is 0 Å². The highest BCUT2D eigenvalue weighted by atomic mass is 16.5. The molecule has 0 aliphatic rings. The van der Waals surface area contributed by atoms with Gasteiger partial charge in [0.15, 0.2) is 5.82 Å². The Balaban J connectivity index is 2.18. The lowest BCUT2D eigenvalue weighted by atomic mass is 10.3. The van der Waals surface area contributed by atoms with Gasteiger partial charge in [-0.2, -0.15) is 10.1 Å². The molecule has 2 aromatic rings. The van der Waals surface area contributed by atoms with Gasteiger partial charge in [0.25, 0.3) is 0 Å². The number of nitrogens with two attached hydrogens (primary N) is 1. The average molecular weight is 262 g/mol. The standard InChI is InChI=1S/C12H18N6O/c1-4-19-12-10(13)11(14-8-15-12)17(2)6-9-5-16-18(3)7-9/h5,7-8H,4,6,13H2,1-3H3. The molecule has 0 aliphatic heterocycles. The van der Waals surface area contributed by atoms with Crippen LogP contribution in [0, 0.1) is 0 Å². The first-order valence-corrected chi connectivity index (χ1v) is 6.03. The molecule has 0 bridgehead atoms. The maximum atomic E-state index is 6.02. The first kappa shape index (κ1) is 13.1. The third-order valence-corrected chi connectivity index (χ3v) is 2.65. The van der Waals surface area contributed by atoms with Crippen LogP contribution < -0.4 is 15.4 Å². The van der Waals surface area contributed by atoms with Gasteiger partial charge in [0.2, 0.25) is 5.88 Å². The van der Waals surface area contributed by atoms with E-state index in [2.05, 4.69) is 15.1 Å². The van der Waals surface area contributed by atoms with Crippen LogP contribution in [-0.4, -0.2) is 33.4 Å². The molecule has 0 saturated carbocycles. The van der Waals surface area contributed by atoms with Gasteiger partial charge in [-0.3, -0.25) is 4.68 Å². The van der Waals surface area contributed by atoms with Gasteiger partial charge in [-0.1, -0.05) is 0 Å². The summed E-state index contributed by atoms with van der Waals surface area (Å²) in [7, 11) is 3.80. The maximum absolute atomic E-state index is 6.02. The third kappa shape index (κ3) is 2.93. The van der Waals surface area contributed by atoms with Gasteiger partial charge in [0.05, 0.1) is 12.8 Å². The van der Waals surface area contributed by atoms with Crippen LogP contribution in [0.25, 0.3) is 0 Å². The van der Waals surface area contributed by atoms with Crippen molar-refractivity contribution in [3.05, 3.63) is 24.3 Å². The van der Waals surface area contributed by atoms with Crippen LogP contribution in [0.15, 0.2) is 18.7 Å². The van der Waals surface area contributed by atoms with Crippen molar-refractivity contribution >= 4 is 11.5 Å². The fourth-order valence-corrected chi connectivity index (χ4v) is 1.83. The molecule has 2 heterocycles. The van der Waals surface area contributed by atoms with Crippen molar-refractivity contribution in [1.29, 1.82) is 0 Å². The van der Waals surface area contributed by atoms with Crippen LogP contribution in [0.3, 0.4) is 0 Å². The molecule has 7 heteroatoms. The highest BCUT2D eigenvalue weighted by Gasteiger charge is 2.13. The topological polar surface area (TPSA) is 82.1 Å². The Labute approximate surface area is 112 Å². The minimum atomic E-state index is 0.422. The van der Waals surface area contributed by atoms with Gasteiger partial charge < -0.3 is 15.4 Å². The Morgan fingerprint density at radius 2 is 2.21 bits per heavy atom. The van der Waals surface area contributed by atoms with Crippen LogP contribution >= 0.6 is 0 Å². The van der Waals surface area contributed by atoms with E-state index in [1.807, 2.05) is 38.3 Å². The van der Waals surface area contributed by atoms with E-state index < -0.39 is 0 Å². The molecule has 0 fully saturated rings. The van der Waals surface area contributed by atoms with Gasteiger partial charge in [-0.05, 0) is 6.92 Å². The van der Waals surface area contributed by atoms with Gasteiger partial charge >= 0.3 is 0 Å². The number of hydrogen-bond donors (Lipinski definition) is 1. The Hall–Kier alpha value is -2.31. The van der Waals surface area contributed by atoms with E-state index in [4.69, 9.17) is 10.5 Å². The second kappa shape index (κ2) is 5.55. The molecule has 0 radical (unpaired) electrons. The van der Waals surface area contributed by atoms with E-state index in [1.54, 1.807) is 4.68 Å². The minimum absolute atomic E-state index is 0.422. The van der Waals surface area contributed by atoms with Crippen molar-refractivity contribution in [1.82, 2.24) is 19.7 Å². The number of nitrogen functional groups attached to an aromatic ring is 1. The molecule has 0 amide bonds. The molecular formula is C12H18N6O. The van der Waals surface area contributed by atoms with Crippen LogP contribution in [0.4, 0.5) is 11.5 Å². The van der Waals surface area contributed by atoms with Gasteiger partial charge in [-0.25, -0.2) is 4.98 Å². The molecule has 0 aromatic carbocycles. The van der Waals surface area contributed by atoms with Gasteiger partial charge in [0.1, 0.15) is 12.0 Å².